The van der Waals surface area contributed by atoms with Crippen LogP contribution in [0, 0.1) is 12.7 Å². The van der Waals surface area contributed by atoms with E-state index in [2.05, 4.69) is 23.3 Å². The summed E-state index contributed by atoms with van der Waals surface area (Å²) in [6.45, 7) is 5.71. The Bertz CT molecular complexity index is 1770. The second kappa shape index (κ2) is 12.1. The van der Waals surface area contributed by atoms with Crippen LogP contribution in [-0.2, 0) is 36.1 Å². The molecule has 3 aromatic carbocycles. The molecule has 0 spiro atoms. The van der Waals surface area contributed by atoms with E-state index in [1.54, 1.807) is 4.68 Å². The first-order valence-electron chi connectivity index (χ1n) is 14.5. The van der Waals surface area contributed by atoms with Crippen molar-refractivity contribution in [3.8, 4) is 16.9 Å². The van der Waals surface area contributed by atoms with Gasteiger partial charge in [0, 0.05) is 42.1 Å². The Hall–Kier alpha value is -3.98. The standard InChI is InChI=1S/C34H36FN3O4/c1-4-41-34(39)33-25(14-10-20-42-29-15-9-12-23-11-5-6-13-24(23)29)26-16-17-27(35)31-30-22(2)36-37(3)28(30)21-40-19-8-7-18-38(33)32(26)31/h5-9,11-13,15-17,34,39H,4,10,14,18-21H2,1-3H3/b8-7-. The van der Waals surface area contributed by atoms with Crippen molar-refractivity contribution in [2.75, 3.05) is 19.8 Å². The zero-order chi connectivity index (χ0) is 29.2. The number of hydrogen-bond acceptors (Lipinski definition) is 5. The van der Waals surface area contributed by atoms with Crippen LogP contribution < -0.4 is 4.74 Å². The summed E-state index contributed by atoms with van der Waals surface area (Å²) in [5.74, 6) is 0.501. The van der Waals surface area contributed by atoms with Crippen LogP contribution in [0.1, 0.15) is 42.3 Å². The molecule has 0 amide bonds. The summed E-state index contributed by atoms with van der Waals surface area (Å²) >= 11 is 0. The van der Waals surface area contributed by atoms with Gasteiger partial charge in [0.05, 0.1) is 42.4 Å². The molecule has 0 aliphatic carbocycles. The Morgan fingerprint density at radius 3 is 2.74 bits per heavy atom. The molecule has 0 saturated carbocycles. The van der Waals surface area contributed by atoms with Crippen LogP contribution in [0.3, 0.4) is 0 Å². The van der Waals surface area contributed by atoms with Crippen molar-refractivity contribution >= 4 is 21.7 Å². The van der Waals surface area contributed by atoms with Gasteiger partial charge in [0.15, 0.2) is 6.29 Å². The number of aliphatic hydroxyl groups is 1. The number of halogens is 1. The van der Waals surface area contributed by atoms with E-state index in [0.717, 1.165) is 49.9 Å². The van der Waals surface area contributed by atoms with Gasteiger partial charge in [0.25, 0.3) is 0 Å². The summed E-state index contributed by atoms with van der Waals surface area (Å²) in [5.41, 5.74) is 5.01. The largest absolute Gasteiger partial charge is 0.493 e. The molecule has 3 heterocycles. The van der Waals surface area contributed by atoms with Gasteiger partial charge in [-0.1, -0.05) is 48.6 Å². The molecule has 0 radical (unpaired) electrons. The average molecular weight is 570 g/mol. The van der Waals surface area contributed by atoms with Crippen LogP contribution in [0.4, 0.5) is 4.39 Å². The highest BCUT2D eigenvalue weighted by Gasteiger charge is 2.29. The van der Waals surface area contributed by atoms with Gasteiger partial charge in [0.1, 0.15) is 11.6 Å². The Balaban J connectivity index is 1.45. The van der Waals surface area contributed by atoms with Crippen LogP contribution >= 0.6 is 0 Å². The molecule has 5 aromatic rings. The Labute approximate surface area is 244 Å². The summed E-state index contributed by atoms with van der Waals surface area (Å²) in [7, 11) is 1.85. The fraction of sp³-hybridized carbons (Fsp3) is 0.324. The van der Waals surface area contributed by atoms with Crippen molar-refractivity contribution in [1.29, 1.82) is 0 Å². The number of aromatic nitrogens is 3. The molecule has 1 N–H and O–H groups in total. The molecule has 0 saturated heterocycles. The maximum atomic E-state index is 15.9. The maximum Gasteiger partial charge on any atom is 0.196 e. The first kappa shape index (κ1) is 28.2. The lowest BCUT2D eigenvalue weighted by molar-refractivity contribution is -0.103. The zero-order valence-corrected chi connectivity index (χ0v) is 24.3. The number of nitrogens with zero attached hydrogens (tertiary/aromatic N) is 3. The number of aliphatic hydroxyl groups excluding tert-OH is 1. The Morgan fingerprint density at radius 2 is 1.88 bits per heavy atom. The maximum absolute atomic E-state index is 15.9. The summed E-state index contributed by atoms with van der Waals surface area (Å²) in [6, 6.07) is 17.6. The smallest absolute Gasteiger partial charge is 0.196 e. The number of aryl methyl sites for hydroxylation is 3. The van der Waals surface area contributed by atoms with Crippen molar-refractivity contribution in [3.05, 3.63) is 95.2 Å². The molecule has 8 heteroatoms. The minimum Gasteiger partial charge on any atom is -0.493 e. The van der Waals surface area contributed by atoms with Crippen molar-refractivity contribution in [1.82, 2.24) is 14.3 Å². The van der Waals surface area contributed by atoms with Crippen LogP contribution in [0.15, 0.2) is 66.7 Å². The number of allylic oxidation sites excluding steroid dienone is 1. The summed E-state index contributed by atoms with van der Waals surface area (Å²) in [6.07, 6.45) is 4.08. The third-order valence-electron chi connectivity index (χ3n) is 7.96. The van der Waals surface area contributed by atoms with E-state index in [9.17, 15) is 5.11 Å². The van der Waals surface area contributed by atoms with Crippen molar-refractivity contribution < 1.29 is 23.7 Å². The number of rotatable bonds is 8. The van der Waals surface area contributed by atoms with Gasteiger partial charge >= 0.3 is 0 Å². The molecule has 218 valence electrons. The third kappa shape index (κ3) is 5.11. The van der Waals surface area contributed by atoms with Gasteiger partial charge in [-0.15, -0.1) is 0 Å². The van der Waals surface area contributed by atoms with E-state index < -0.39 is 6.29 Å². The average Bonchev–Trinajstić information content (AvgIpc) is 3.43. The highest BCUT2D eigenvalue weighted by molar-refractivity contribution is 5.99. The lowest BCUT2D eigenvalue weighted by Gasteiger charge is -2.17. The molecule has 42 heavy (non-hydrogen) atoms. The highest BCUT2D eigenvalue weighted by Crippen LogP contribution is 2.41. The van der Waals surface area contributed by atoms with E-state index in [0.29, 0.717) is 57.1 Å². The monoisotopic (exact) mass is 569 g/mol. The highest BCUT2D eigenvalue weighted by atomic mass is 19.1. The van der Waals surface area contributed by atoms with Crippen molar-refractivity contribution in [3.63, 3.8) is 0 Å². The lowest BCUT2D eigenvalue weighted by atomic mass is 9.97. The molecular weight excluding hydrogens is 533 g/mol. The molecule has 1 aliphatic rings. The second-order valence-electron chi connectivity index (χ2n) is 10.5. The molecule has 1 unspecified atom stereocenters. The van der Waals surface area contributed by atoms with Crippen molar-refractivity contribution in [2.24, 2.45) is 7.05 Å². The van der Waals surface area contributed by atoms with Crippen LogP contribution in [0.25, 0.3) is 32.8 Å². The number of ether oxygens (including phenoxy) is 3. The number of benzene rings is 3. The molecular formula is C34H36FN3O4. The van der Waals surface area contributed by atoms with Gasteiger partial charge in [-0.3, -0.25) is 4.68 Å². The second-order valence-corrected chi connectivity index (χ2v) is 10.5. The van der Waals surface area contributed by atoms with E-state index in [1.807, 2.05) is 67.9 Å². The van der Waals surface area contributed by atoms with E-state index in [-0.39, 0.29) is 5.82 Å². The quantitative estimate of drug-likeness (QED) is 0.127. The normalized spacial score (nSPS) is 15.0. The summed E-state index contributed by atoms with van der Waals surface area (Å²) in [5, 5.41) is 19.0. The van der Waals surface area contributed by atoms with Gasteiger partial charge in [-0.25, -0.2) is 4.39 Å². The zero-order valence-electron chi connectivity index (χ0n) is 24.3. The minimum absolute atomic E-state index is 0.306. The van der Waals surface area contributed by atoms with Gasteiger partial charge in [-0.2, -0.15) is 5.10 Å². The molecule has 0 fully saturated rings. The number of fused-ring (bicyclic) bond motifs is 3. The minimum atomic E-state index is -1.17. The van der Waals surface area contributed by atoms with Crippen LogP contribution in [0.2, 0.25) is 0 Å². The fourth-order valence-electron chi connectivity index (χ4n) is 6.14. The molecule has 2 aromatic heterocycles. The predicted molar refractivity (Wildman–Crippen MR) is 162 cm³/mol. The van der Waals surface area contributed by atoms with Gasteiger partial charge in [-0.05, 0) is 55.8 Å². The Morgan fingerprint density at radius 1 is 1.05 bits per heavy atom. The molecule has 1 aliphatic heterocycles. The first-order chi connectivity index (χ1) is 20.5. The molecule has 6 rings (SSSR count). The van der Waals surface area contributed by atoms with Gasteiger partial charge < -0.3 is 23.9 Å². The predicted octanol–water partition coefficient (Wildman–Crippen LogP) is 6.77. The van der Waals surface area contributed by atoms with Crippen LogP contribution in [0.5, 0.6) is 5.75 Å². The van der Waals surface area contributed by atoms with E-state index in [4.69, 9.17) is 14.2 Å². The van der Waals surface area contributed by atoms with Gasteiger partial charge in [0.2, 0.25) is 0 Å². The fourth-order valence-corrected chi connectivity index (χ4v) is 6.14. The lowest BCUT2D eigenvalue weighted by Crippen LogP contribution is -2.13. The summed E-state index contributed by atoms with van der Waals surface area (Å²) in [4.78, 5) is 0. The third-order valence-corrected chi connectivity index (χ3v) is 7.96. The number of hydrogen-bond donors (Lipinski definition) is 1. The van der Waals surface area contributed by atoms with Crippen LogP contribution in [-0.4, -0.2) is 39.3 Å². The summed E-state index contributed by atoms with van der Waals surface area (Å²) < 4.78 is 37.6. The molecule has 0 bridgehead atoms. The Kier molecular flexibility index (Phi) is 8.11. The first-order valence-corrected chi connectivity index (χ1v) is 14.5. The SMILES string of the molecule is CCOC(O)c1c(CCCOc2cccc3ccccc23)c2ccc(F)c3c2n1C/C=C\COCc1c-3c(C)nn1C. The molecule has 1 atom stereocenters. The van der Waals surface area contributed by atoms with E-state index >= 15 is 4.39 Å². The topological polar surface area (TPSA) is 70.7 Å². The van der Waals surface area contributed by atoms with E-state index in [1.165, 1.54) is 6.07 Å². The molecule has 7 nitrogen and oxygen atoms in total. The van der Waals surface area contributed by atoms with Crippen molar-refractivity contribution in [2.45, 2.75) is 46.1 Å².